The van der Waals surface area contributed by atoms with Crippen molar-refractivity contribution in [2.24, 2.45) is 0 Å². The summed E-state index contributed by atoms with van der Waals surface area (Å²) in [4.78, 5) is 15.4. The zero-order valence-electron chi connectivity index (χ0n) is 10.8. The Morgan fingerprint density at radius 3 is 3.28 bits per heavy atom. The molecule has 1 atom stereocenters. The van der Waals surface area contributed by atoms with E-state index in [9.17, 15) is 4.79 Å². The van der Waals surface area contributed by atoms with Crippen molar-refractivity contribution in [1.82, 2.24) is 15.5 Å². The summed E-state index contributed by atoms with van der Waals surface area (Å²) in [5, 5.41) is 8.39. The zero-order chi connectivity index (χ0) is 12.8. The first-order valence-electron chi connectivity index (χ1n) is 6.49. The molecule has 4 nitrogen and oxygen atoms in total. The Kier molecular flexibility index (Phi) is 5.16. The van der Waals surface area contributed by atoms with Gasteiger partial charge >= 0.3 is 0 Å². The molecular weight excluding hydrogens is 246 g/mol. The van der Waals surface area contributed by atoms with E-state index in [0.717, 1.165) is 32.6 Å². The van der Waals surface area contributed by atoms with E-state index >= 15 is 0 Å². The predicted octanol–water partition coefficient (Wildman–Crippen LogP) is 0.701. The maximum Gasteiger partial charge on any atom is 0.234 e. The monoisotopic (exact) mass is 267 g/mol. The largest absolute Gasteiger partial charge is 0.355 e. The first-order valence-corrected chi connectivity index (χ1v) is 7.37. The van der Waals surface area contributed by atoms with Gasteiger partial charge in [-0.25, -0.2) is 0 Å². The van der Waals surface area contributed by atoms with E-state index in [2.05, 4.69) is 33.9 Å². The predicted molar refractivity (Wildman–Crippen MR) is 74.9 cm³/mol. The van der Waals surface area contributed by atoms with Gasteiger partial charge < -0.3 is 10.6 Å². The number of hydrogen-bond acceptors (Lipinski definition) is 4. The molecule has 5 heteroatoms. The third-order valence-electron chi connectivity index (χ3n) is 3.26. The molecule has 100 valence electrons. The number of carbonyl (C=O) groups excluding carboxylic acids is 1. The minimum Gasteiger partial charge on any atom is -0.355 e. The minimum absolute atomic E-state index is 0.139. The molecule has 0 radical (unpaired) electrons. The maximum atomic E-state index is 11.8. The van der Waals surface area contributed by atoms with Crippen LogP contribution in [0.1, 0.15) is 11.8 Å². The molecule has 0 bridgehead atoms. The molecule has 0 aromatic carbocycles. The Hall–Kier alpha value is -0.910. The molecule has 1 aromatic heterocycles. The van der Waals surface area contributed by atoms with Crippen LogP contribution in [0.2, 0.25) is 0 Å². The molecule has 18 heavy (non-hydrogen) atoms. The molecular formula is C13H21N3OS. The van der Waals surface area contributed by atoms with Gasteiger partial charge in [0.05, 0.1) is 6.54 Å². The number of hydrogen-bond donors (Lipinski definition) is 2. The fourth-order valence-corrected chi connectivity index (χ4v) is 2.85. The maximum absolute atomic E-state index is 11.8. The van der Waals surface area contributed by atoms with Crippen molar-refractivity contribution < 1.29 is 4.79 Å². The number of nitrogens with zero attached hydrogens (tertiary/aromatic N) is 1. The molecule has 1 aliphatic heterocycles. The van der Waals surface area contributed by atoms with Crippen LogP contribution >= 0.6 is 11.3 Å². The van der Waals surface area contributed by atoms with Crippen molar-refractivity contribution in [3.8, 4) is 0 Å². The third kappa shape index (κ3) is 4.08. The first-order chi connectivity index (χ1) is 8.75. The second kappa shape index (κ2) is 6.87. The average Bonchev–Trinajstić information content (AvgIpc) is 2.85. The molecule has 0 spiro atoms. The van der Waals surface area contributed by atoms with Crippen LogP contribution in [0.15, 0.2) is 17.5 Å². The van der Waals surface area contributed by atoms with Gasteiger partial charge in [0.2, 0.25) is 5.91 Å². The molecule has 1 unspecified atom stereocenters. The summed E-state index contributed by atoms with van der Waals surface area (Å²) in [6, 6.07) is 4.60. The number of thiophene rings is 1. The van der Waals surface area contributed by atoms with Crippen LogP contribution in [-0.4, -0.2) is 49.6 Å². The highest BCUT2D eigenvalue weighted by atomic mass is 32.1. The van der Waals surface area contributed by atoms with Gasteiger partial charge in [0, 0.05) is 37.1 Å². The van der Waals surface area contributed by atoms with E-state index in [1.54, 1.807) is 11.3 Å². The van der Waals surface area contributed by atoms with Crippen molar-refractivity contribution in [1.29, 1.82) is 0 Å². The topological polar surface area (TPSA) is 44.4 Å². The highest BCUT2D eigenvalue weighted by Gasteiger charge is 2.19. The van der Waals surface area contributed by atoms with Crippen LogP contribution in [0.4, 0.5) is 0 Å². The molecule has 0 saturated carbocycles. The molecule has 1 fully saturated rings. The van der Waals surface area contributed by atoms with Gasteiger partial charge in [-0.3, -0.25) is 9.69 Å². The Bertz CT molecular complexity index is 366. The van der Waals surface area contributed by atoms with Crippen LogP contribution < -0.4 is 10.6 Å². The van der Waals surface area contributed by atoms with Crippen LogP contribution in [-0.2, 0) is 11.2 Å². The van der Waals surface area contributed by atoms with E-state index in [-0.39, 0.29) is 5.91 Å². The van der Waals surface area contributed by atoms with E-state index < -0.39 is 0 Å². The molecule has 1 aliphatic rings. The smallest absolute Gasteiger partial charge is 0.234 e. The molecule has 0 aliphatic carbocycles. The van der Waals surface area contributed by atoms with Gasteiger partial charge in [-0.05, 0) is 24.8 Å². The summed E-state index contributed by atoms with van der Waals surface area (Å²) in [6.45, 7) is 6.33. The highest BCUT2D eigenvalue weighted by Crippen LogP contribution is 2.08. The Morgan fingerprint density at radius 2 is 2.56 bits per heavy atom. The normalized spacial score (nSPS) is 20.8. The van der Waals surface area contributed by atoms with Gasteiger partial charge in [0.15, 0.2) is 0 Å². The lowest BCUT2D eigenvalue weighted by atomic mass is 10.2. The van der Waals surface area contributed by atoms with Crippen molar-refractivity contribution in [2.45, 2.75) is 19.4 Å². The summed E-state index contributed by atoms with van der Waals surface area (Å²) >= 11 is 1.74. The number of nitrogens with one attached hydrogen (secondary N) is 2. The van der Waals surface area contributed by atoms with E-state index in [0.29, 0.717) is 12.6 Å². The molecule has 2 N–H and O–H groups in total. The molecule has 2 heterocycles. The Balaban J connectivity index is 1.65. The third-order valence-corrected chi connectivity index (χ3v) is 4.20. The number of carbonyl (C=O) groups is 1. The first kappa shape index (κ1) is 13.5. The zero-order valence-corrected chi connectivity index (χ0v) is 11.6. The van der Waals surface area contributed by atoms with Crippen molar-refractivity contribution in [3.05, 3.63) is 22.4 Å². The van der Waals surface area contributed by atoms with Gasteiger partial charge in [-0.1, -0.05) is 6.07 Å². The Labute approximate surface area is 112 Å². The lowest BCUT2D eigenvalue weighted by Gasteiger charge is -2.33. The fourth-order valence-electron chi connectivity index (χ4n) is 2.14. The number of rotatable bonds is 5. The average molecular weight is 267 g/mol. The van der Waals surface area contributed by atoms with E-state index in [1.165, 1.54) is 4.88 Å². The fraction of sp³-hybridized carbons (Fsp3) is 0.615. The van der Waals surface area contributed by atoms with Crippen LogP contribution in [0.5, 0.6) is 0 Å². The molecule has 1 saturated heterocycles. The summed E-state index contributed by atoms with van der Waals surface area (Å²) in [7, 11) is 0. The van der Waals surface area contributed by atoms with Crippen molar-refractivity contribution in [2.75, 3.05) is 32.7 Å². The van der Waals surface area contributed by atoms with E-state index in [4.69, 9.17) is 0 Å². The van der Waals surface area contributed by atoms with Gasteiger partial charge in [-0.2, -0.15) is 0 Å². The SMILES string of the molecule is CC1CNCCN1CC(=O)NCCc1cccs1. The van der Waals surface area contributed by atoms with Crippen molar-refractivity contribution in [3.63, 3.8) is 0 Å². The van der Waals surface area contributed by atoms with Gasteiger partial charge in [-0.15, -0.1) is 11.3 Å². The number of piperazine rings is 1. The number of amides is 1. The molecule has 2 rings (SSSR count). The van der Waals surface area contributed by atoms with E-state index in [1.807, 2.05) is 6.07 Å². The second-order valence-corrected chi connectivity index (χ2v) is 5.74. The van der Waals surface area contributed by atoms with Gasteiger partial charge in [0.25, 0.3) is 0 Å². The van der Waals surface area contributed by atoms with Crippen molar-refractivity contribution >= 4 is 17.2 Å². The summed E-state index contributed by atoms with van der Waals surface area (Å²) in [5.74, 6) is 0.139. The van der Waals surface area contributed by atoms with Gasteiger partial charge in [0.1, 0.15) is 0 Å². The lowest BCUT2D eigenvalue weighted by molar-refractivity contribution is -0.122. The Morgan fingerprint density at radius 1 is 1.67 bits per heavy atom. The molecule has 1 amide bonds. The molecule has 1 aromatic rings. The summed E-state index contributed by atoms with van der Waals surface area (Å²) < 4.78 is 0. The van der Waals surface area contributed by atoms with Crippen LogP contribution in [0.3, 0.4) is 0 Å². The lowest BCUT2D eigenvalue weighted by Crippen LogP contribution is -2.52. The second-order valence-electron chi connectivity index (χ2n) is 4.70. The highest BCUT2D eigenvalue weighted by molar-refractivity contribution is 7.09. The quantitative estimate of drug-likeness (QED) is 0.825. The minimum atomic E-state index is 0.139. The summed E-state index contributed by atoms with van der Waals surface area (Å²) in [6.07, 6.45) is 0.931. The van der Waals surface area contributed by atoms with Crippen LogP contribution in [0, 0.1) is 0 Å². The van der Waals surface area contributed by atoms with Crippen LogP contribution in [0.25, 0.3) is 0 Å². The standard InChI is InChI=1S/C13H21N3OS/c1-11-9-14-6-7-16(11)10-13(17)15-5-4-12-3-2-8-18-12/h2-3,8,11,14H,4-7,9-10H2,1H3,(H,15,17). The summed E-state index contributed by atoms with van der Waals surface area (Å²) in [5.41, 5.74) is 0.